The second-order valence-electron chi connectivity index (χ2n) is 13.6. The lowest BCUT2D eigenvalue weighted by atomic mass is 9.88. The molecular weight excluding hydrogens is 678 g/mol. The van der Waals surface area contributed by atoms with Crippen LogP contribution in [0.1, 0.15) is 81.7 Å². The van der Waals surface area contributed by atoms with Gasteiger partial charge in [0.25, 0.3) is 5.91 Å². The minimum Gasteiger partial charge on any atom is -0.465 e. The average molecular weight is 718 g/mol. The molecule has 10 nitrogen and oxygen atoms in total. The number of aromatic amines is 1. The van der Waals surface area contributed by atoms with Crippen molar-refractivity contribution < 1.29 is 31.9 Å². The summed E-state index contributed by atoms with van der Waals surface area (Å²) in [4.78, 5) is 30.8. The van der Waals surface area contributed by atoms with Gasteiger partial charge in [-0.15, -0.1) is 0 Å². The number of piperidine rings is 1. The molecule has 3 aromatic carbocycles. The first-order valence-electron chi connectivity index (χ1n) is 16.9. The number of hydrogen-bond acceptors (Lipinski definition) is 7. The number of aromatic nitrogens is 5. The Hall–Kier alpha value is -5.37. The van der Waals surface area contributed by atoms with Gasteiger partial charge >= 0.3 is 12.1 Å². The number of aryl methyl sites for hydroxylation is 1. The summed E-state index contributed by atoms with van der Waals surface area (Å²) in [7, 11) is 1.24. The molecule has 2 aromatic heterocycles. The zero-order valence-electron chi connectivity index (χ0n) is 29.2. The molecule has 3 heterocycles. The molecule has 52 heavy (non-hydrogen) atoms. The molecule has 0 aliphatic carbocycles. The van der Waals surface area contributed by atoms with Crippen molar-refractivity contribution in [3.63, 3.8) is 0 Å². The summed E-state index contributed by atoms with van der Waals surface area (Å²) in [5.41, 5.74) is 3.92. The molecule has 1 aliphatic heterocycles. The van der Waals surface area contributed by atoms with E-state index in [1.807, 2.05) is 25.1 Å². The normalized spacial score (nSPS) is 14.4. The molecule has 5 aromatic rings. The minimum atomic E-state index is -4.53. The van der Waals surface area contributed by atoms with Gasteiger partial charge < -0.3 is 10.1 Å². The molecule has 0 spiro atoms. The molecule has 1 amide bonds. The van der Waals surface area contributed by atoms with Gasteiger partial charge in [-0.1, -0.05) is 36.4 Å². The Labute approximate surface area is 298 Å². The van der Waals surface area contributed by atoms with Gasteiger partial charge in [-0.2, -0.15) is 23.4 Å². The Morgan fingerprint density at radius 3 is 2.37 bits per heavy atom. The Balaban J connectivity index is 1.02. The first-order valence-corrected chi connectivity index (χ1v) is 16.9. The van der Waals surface area contributed by atoms with Gasteiger partial charge in [0.1, 0.15) is 17.1 Å². The second kappa shape index (κ2) is 14.7. The van der Waals surface area contributed by atoms with Crippen molar-refractivity contribution >= 4 is 11.9 Å². The van der Waals surface area contributed by atoms with E-state index in [4.69, 9.17) is 0 Å². The number of methoxy groups -OCH3 is 1. The van der Waals surface area contributed by atoms with Gasteiger partial charge in [-0.05, 0) is 105 Å². The smallest absolute Gasteiger partial charge is 0.401 e. The number of rotatable bonds is 10. The van der Waals surface area contributed by atoms with Crippen molar-refractivity contribution in [1.82, 2.24) is 35.2 Å². The second-order valence-corrected chi connectivity index (χ2v) is 13.6. The number of halogens is 4. The average Bonchev–Trinajstić information content (AvgIpc) is 3.82. The zero-order chi connectivity index (χ0) is 37.2. The molecule has 6 rings (SSSR count). The maximum absolute atomic E-state index is 14.5. The van der Waals surface area contributed by atoms with E-state index in [-0.39, 0.29) is 29.4 Å². The lowest BCUT2D eigenvalue weighted by Crippen LogP contribution is -2.37. The van der Waals surface area contributed by atoms with E-state index in [0.717, 1.165) is 74.3 Å². The Kier molecular flexibility index (Phi) is 10.3. The number of esters is 1. The highest BCUT2D eigenvalue weighted by Gasteiger charge is 2.51. The molecule has 0 saturated carbocycles. The fourth-order valence-electron chi connectivity index (χ4n) is 6.26. The first kappa shape index (κ1) is 36.4. The van der Waals surface area contributed by atoms with E-state index in [2.05, 4.69) is 65.6 Å². The number of H-pyrrole nitrogens is 1. The van der Waals surface area contributed by atoms with Crippen LogP contribution in [-0.2, 0) is 23.2 Å². The SMILES string of the molecule is COC(=O)c1ccc(C2CCN(Cc3ccc(-c4ccc(-n5cc(C(=O)NCc6nc(C(C)(C)C(F)(F)F)n[nH]6)cn5)c(C)c4)cc3)CC2)cc1F. The van der Waals surface area contributed by atoms with Gasteiger partial charge in [0.2, 0.25) is 0 Å². The maximum atomic E-state index is 14.5. The number of hydrogen-bond donors (Lipinski definition) is 2. The standard InChI is InChI=1S/C38H39F4N7O3/c1-23-17-27(10-12-32(23)49-22-29(19-44-49)34(50)43-20-33-45-36(47-46-33)37(2,3)38(40,41)42)25-7-5-24(6-8-25)21-48-15-13-26(14-16-48)28-9-11-30(31(39)18-28)35(51)52-4/h5-12,17-19,22,26H,13-16,20-21H2,1-4H3,(H,43,50)(H,45,46,47). The van der Waals surface area contributed by atoms with Crippen LogP contribution in [0.25, 0.3) is 16.8 Å². The quantitative estimate of drug-likeness (QED) is 0.118. The lowest BCUT2D eigenvalue weighted by Gasteiger charge is -2.32. The van der Waals surface area contributed by atoms with Crippen molar-refractivity contribution in [1.29, 1.82) is 0 Å². The number of carbonyl (C=O) groups excluding carboxylic acids is 2. The molecule has 272 valence electrons. The summed E-state index contributed by atoms with van der Waals surface area (Å²) < 4.78 is 60.7. The van der Waals surface area contributed by atoms with Crippen LogP contribution in [0, 0.1) is 12.7 Å². The first-order chi connectivity index (χ1) is 24.7. The number of amides is 1. The lowest BCUT2D eigenvalue weighted by molar-refractivity contribution is -0.182. The summed E-state index contributed by atoms with van der Waals surface area (Å²) in [6.07, 6.45) is 0.292. The number of benzene rings is 3. The highest BCUT2D eigenvalue weighted by molar-refractivity contribution is 5.93. The summed E-state index contributed by atoms with van der Waals surface area (Å²) in [5.74, 6) is -1.74. The Morgan fingerprint density at radius 1 is 1.00 bits per heavy atom. The number of likely N-dealkylation sites (tertiary alicyclic amines) is 1. The Bertz CT molecular complexity index is 2060. The van der Waals surface area contributed by atoms with Crippen molar-refractivity contribution in [2.24, 2.45) is 0 Å². The van der Waals surface area contributed by atoms with Crippen LogP contribution in [0.4, 0.5) is 17.6 Å². The van der Waals surface area contributed by atoms with Gasteiger partial charge in [0.05, 0.1) is 36.7 Å². The topological polar surface area (TPSA) is 118 Å². The van der Waals surface area contributed by atoms with E-state index in [1.54, 1.807) is 10.9 Å². The van der Waals surface area contributed by atoms with E-state index in [0.29, 0.717) is 0 Å². The highest BCUT2D eigenvalue weighted by atomic mass is 19.4. The molecule has 1 aliphatic rings. The van der Waals surface area contributed by atoms with Gasteiger partial charge in [0, 0.05) is 12.7 Å². The van der Waals surface area contributed by atoms with Crippen molar-refractivity contribution in [3.05, 3.63) is 118 Å². The van der Waals surface area contributed by atoms with E-state index in [9.17, 15) is 27.2 Å². The summed E-state index contributed by atoms with van der Waals surface area (Å²) in [6, 6.07) is 19.2. The van der Waals surface area contributed by atoms with Gasteiger partial charge in [0.15, 0.2) is 5.82 Å². The number of alkyl halides is 3. The number of carbonyl (C=O) groups is 2. The van der Waals surface area contributed by atoms with E-state index in [1.165, 1.54) is 31.0 Å². The molecular formula is C38H39F4N7O3. The molecule has 1 fully saturated rings. The van der Waals surface area contributed by atoms with Crippen LogP contribution in [0.15, 0.2) is 73.1 Å². The fraction of sp³-hybridized carbons (Fsp3) is 0.342. The van der Waals surface area contributed by atoms with Crippen LogP contribution < -0.4 is 5.32 Å². The molecule has 1 saturated heterocycles. The van der Waals surface area contributed by atoms with Crippen molar-refractivity contribution in [3.8, 4) is 16.8 Å². The van der Waals surface area contributed by atoms with E-state index < -0.39 is 35.1 Å². The summed E-state index contributed by atoms with van der Waals surface area (Å²) in [5, 5.41) is 13.1. The minimum absolute atomic E-state index is 0.0476. The molecule has 0 atom stereocenters. The predicted octanol–water partition coefficient (Wildman–Crippen LogP) is 7.04. The van der Waals surface area contributed by atoms with Crippen molar-refractivity contribution in [2.75, 3.05) is 20.2 Å². The van der Waals surface area contributed by atoms with E-state index >= 15 is 0 Å². The number of ether oxygens (including phenoxy) is 1. The van der Waals surface area contributed by atoms with Gasteiger partial charge in [-0.3, -0.25) is 14.8 Å². The number of nitrogens with zero attached hydrogens (tertiary/aromatic N) is 5. The molecule has 0 radical (unpaired) electrons. The largest absolute Gasteiger partial charge is 0.465 e. The zero-order valence-corrected chi connectivity index (χ0v) is 29.2. The van der Waals surface area contributed by atoms with Crippen LogP contribution in [0.3, 0.4) is 0 Å². The van der Waals surface area contributed by atoms with Crippen LogP contribution in [-0.4, -0.2) is 68.1 Å². The predicted molar refractivity (Wildman–Crippen MR) is 185 cm³/mol. The van der Waals surface area contributed by atoms with Crippen LogP contribution in [0.5, 0.6) is 0 Å². The molecule has 2 N–H and O–H groups in total. The number of nitrogens with one attached hydrogen (secondary N) is 2. The van der Waals surface area contributed by atoms with Crippen LogP contribution >= 0.6 is 0 Å². The Morgan fingerprint density at radius 2 is 1.71 bits per heavy atom. The third kappa shape index (κ3) is 7.76. The third-order valence-corrected chi connectivity index (χ3v) is 9.66. The van der Waals surface area contributed by atoms with Crippen molar-refractivity contribution in [2.45, 2.75) is 64.2 Å². The molecule has 14 heteroatoms. The highest BCUT2D eigenvalue weighted by Crippen LogP contribution is 2.38. The van der Waals surface area contributed by atoms with Crippen LogP contribution in [0.2, 0.25) is 0 Å². The molecule has 0 bridgehead atoms. The van der Waals surface area contributed by atoms with Gasteiger partial charge in [-0.25, -0.2) is 18.9 Å². The fourth-order valence-corrected chi connectivity index (χ4v) is 6.26. The maximum Gasteiger partial charge on any atom is 0.401 e. The molecule has 0 unspecified atom stereocenters. The monoisotopic (exact) mass is 717 g/mol. The third-order valence-electron chi connectivity index (χ3n) is 9.66. The summed E-state index contributed by atoms with van der Waals surface area (Å²) in [6.45, 7) is 6.40. The summed E-state index contributed by atoms with van der Waals surface area (Å²) >= 11 is 0.